The lowest BCUT2D eigenvalue weighted by atomic mass is 10.1. The molecule has 1 N–H and O–H groups in total. The van der Waals surface area contributed by atoms with Gasteiger partial charge in [-0.1, -0.05) is 0 Å². The molecule has 3 nitrogen and oxygen atoms in total. The molecule has 0 fully saturated rings. The molecule has 1 aromatic carbocycles. The average molecular weight is 253 g/mol. The van der Waals surface area contributed by atoms with Gasteiger partial charge >= 0.3 is 0 Å². The van der Waals surface area contributed by atoms with E-state index in [4.69, 9.17) is 0 Å². The zero-order chi connectivity index (χ0) is 12.7. The summed E-state index contributed by atoms with van der Waals surface area (Å²) >= 11 is 0. The molecule has 6 heteroatoms. The molecule has 0 spiro atoms. The number of imidazole rings is 1. The van der Waals surface area contributed by atoms with Crippen molar-refractivity contribution in [2.45, 2.75) is 13.0 Å². The lowest BCUT2D eigenvalue weighted by Crippen LogP contribution is -2.24. The third kappa shape index (κ3) is 1.69. The Hall–Kier alpha value is -1.82. The van der Waals surface area contributed by atoms with Crippen LogP contribution in [0, 0.1) is 17.5 Å². The molecule has 0 aliphatic carbocycles. The predicted molar refractivity (Wildman–Crippen MR) is 58.8 cm³/mol. The maximum Gasteiger partial charge on any atom is 0.194 e. The van der Waals surface area contributed by atoms with Gasteiger partial charge in [-0.25, -0.2) is 18.2 Å². The number of hydrogen-bond acceptors (Lipinski definition) is 2. The molecule has 2 aromatic rings. The van der Waals surface area contributed by atoms with Gasteiger partial charge in [-0.2, -0.15) is 0 Å². The van der Waals surface area contributed by atoms with Crippen LogP contribution in [0.3, 0.4) is 0 Å². The molecule has 1 aliphatic rings. The van der Waals surface area contributed by atoms with E-state index >= 15 is 0 Å². The van der Waals surface area contributed by atoms with Crippen LogP contribution in [0.5, 0.6) is 0 Å². The van der Waals surface area contributed by atoms with Gasteiger partial charge in [-0.3, -0.25) is 0 Å². The molecular weight excluding hydrogens is 243 g/mol. The second kappa shape index (κ2) is 4.13. The van der Waals surface area contributed by atoms with Crippen molar-refractivity contribution >= 4 is 0 Å². The summed E-state index contributed by atoms with van der Waals surface area (Å²) in [4.78, 5) is 4.18. The number of rotatable bonds is 1. The summed E-state index contributed by atoms with van der Waals surface area (Å²) in [6.07, 6.45) is 2.22. The molecule has 18 heavy (non-hydrogen) atoms. The summed E-state index contributed by atoms with van der Waals surface area (Å²) in [5, 5.41) is 3.15. The SMILES string of the molecule is Fc1cc(-n2cnc3c2CCNC3)cc(F)c1F. The van der Waals surface area contributed by atoms with Crippen molar-refractivity contribution in [2.75, 3.05) is 6.54 Å². The van der Waals surface area contributed by atoms with Crippen molar-refractivity contribution in [3.8, 4) is 5.69 Å². The van der Waals surface area contributed by atoms with Crippen LogP contribution < -0.4 is 5.32 Å². The van der Waals surface area contributed by atoms with E-state index in [-0.39, 0.29) is 5.69 Å². The lowest BCUT2D eigenvalue weighted by molar-refractivity contribution is 0.446. The summed E-state index contributed by atoms with van der Waals surface area (Å²) in [6.45, 7) is 1.42. The summed E-state index contributed by atoms with van der Waals surface area (Å²) in [7, 11) is 0. The second-order valence-corrected chi connectivity index (χ2v) is 4.16. The Kier molecular flexibility index (Phi) is 2.59. The molecule has 0 radical (unpaired) electrons. The van der Waals surface area contributed by atoms with Crippen LogP contribution >= 0.6 is 0 Å². The third-order valence-corrected chi connectivity index (χ3v) is 3.03. The minimum atomic E-state index is -1.45. The van der Waals surface area contributed by atoms with Gasteiger partial charge in [-0.15, -0.1) is 0 Å². The van der Waals surface area contributed by atoms with Crippen LogP contribution in [0.1, 0.15) is 11.4 Å². The van der Waals surface area contributed by atoms with Crippen LogP contribution in [-0.2, 0) is 13.0 Å². The number of benzene rings is 1. The normalized spacial score (nSPS) is 14.6. The van der Waals surface area contributed by atoms with E-state index in [1.807, 2.05) is 0 Å². The minimum Gasteiger partial charge on any atom is -0.311 e. The first-order valence-electron chi connectivity index (χ1n) is 5.57. The smallest absolute Gasteiger partial charge is 0.194 e. The number of hydrogen-bond donors (Lipinski definition) is 1. The highest BCUT2D eigenvalue weighted by atomic mass is 19.2. The first-order valence-corrected chi connectivity index (χ1v) is 5.57. The van der Waals surface area contributed by atoms with Crippen LogP contribution in [0.25, 0.3) is 5.69 Å². The molecule has 0 atom stereocenters. The maximum atomic E-state index is 13.2. The van der Waals surface area contributed by atoms with E-state index in [1.54, 1.807) is 4.57 Å². The number of aromatic nitrogens is 2. The molecule has 0 saturated heterocycles. The second-order valence-electron chi connectivity index (χ2n) is 4.16. The molecular formula is C12H10F3N3. The monoisotopic (exact) mass is 253 g/mol. The van der Waals surface area contributed by atoms with E-state index in [1.165, 1.54) is 6.33 Å². The molecule has 0 saturated carbocycles. The van der Waals surface area contributed by atoms with Gasteiger partial charge in [0.25, 0.3) is 0 Å². The minimum absolute atomic E-state index is 0.252. The molecule has 1 aliphatic heterocycles. The van der Waals surface area contributed by atoms with Crippen LogP contribution in [0.2, 0.25) is 0 Å². The Balaban J connectivity index is 2.13. The molecule has 0 unspecified atom stereocenters. The third-order valence-electron chi connectivity index (χ3n) is 3.03. The van der Waals surface area contributed by atoms with Crippen molar-refractivity contribution in [2.24, 2.45) is 0 Å². The van der Waals surface area contributed by atoms with Crippen LogP contribution in [0.4, 0.5) is 13.2 Å². The number of nitrogens with zero attached hydrogens (tertiary/aromatic N) is 2. The zero-order valence-corrected chi connectivity index (χ0v) is 9.38. The summed E-state index contributed by atoms with van der Waals surface area (Å²) in [5.74, 6) is -3.84. The Morgan fingerprint density at radius 2 is 1.89 bits per heavy atom. The van der Waals surface area contributed by atoms with E-state index in [9.17, 15) is 13.2 Å². The van der Waals surface area contributed by atoms with Crippen LogP contribution in [-0.4, -0.2) is 16.1 Å². The van der Waals surface area contributed by atoms with Crippen molar-refractivity contribution < 1.29 is 13.2 Å². The largest absolute Gasteiger partial charge is 0.311 e. The van der Waals surface area contributed by atoms with Gasteiger partial charge in [0.15, 0.2) is 17.5 Å². The Morgan fingerprint density at radius 1 is 1.17 bits per heavy atom. The fraction of sp³-hybridized carbons (Fsp3) is 0.250. The summed E-state index contributed by atoms with van der Waals surface area (Å²) in [6, 6.07) is 1.95. The molecule has 0 bridgehead atoms. The highest BCUT2D eigenvalue weighted by Gasteiger charge is 2.18. The standard InChI is InChI=1S/C12H10F3N3/c13-8-3-7(4-9(14)12(8)15)18-6-17-10-5-16-2-1-11(10)18/h3-4,6,16H,1-2,5H2. The van der Waals surface area contributed by atoms with E-state index in [0.29, 0.717) is 6.54 Å². The van der Waals surface area contributed by atoms with Gasteiger partial charge in [0.2, 0.25) is 0 Å². The fourth-order valence-corrected chi connectivity index (χ4v) is 2.14. The maximum absolute atomic E-state index is 13.2. The van der Waals surface area contributed by atoms with Gasteiger partial charge in [0.1, 0.15) is 0 Å². The molecule has 2 heterocycles. The zero-order valence-electron chi connectivity index (χ0n) is 9.38. The Bertz CT molecular complexity index is 584. The van der Waals surface area contributed by atoms with Gasteiger partial charge in [-0.05, 0) is 0 Å². The molecule has 94 valence electrons. The Labute approximate surface area is 101 Å². The molecule has 1 aromatic heterocycles. The van der Waals surface area contributed by atoms with E-state index in [2.05, 4.69) is 10.3 Å². The quantitative estimate of drug-likeness (QED) is 0.787. The van der Waals surface area contributed by atoms with Crippen molar-refractivity contribution in [1.29, 1.82) is 0 Å². The van der Waals surface area contributed by atoms with Crippen molar-refractivity contribution in [3.63, 3.8) is 0 Å². The lowest BCUT2D eigenvalue weighted by Gasteiger charge is -2.15. The van der Waals surface area contributed by atoms with Crippen LogP contribution in [0.15, 0.2) is 18.5 Å². The fourth-order valence-electron chi connectivity index (χ4n) is 2.14. The number of fused-ring (bicyclic) bond motifs is 1. The highest BCUT2D eigenvalue weighted by molar-refractivity contribution is 5.37. The Morgan fingerprint density at radius 3 is 2.61 bits per heavy atom. The highest BCUT2D eigenvalue weighted by Crippen LogP contribution is 2.21. The summed E-state index contributed by atoms with van der Waals surface area (Å²) < 4.78 is 40.9. The van der Waals surface area contributed by atoms with Crippen molar-refractivity contribution in [3.05, 3.63) is 47.3 Å². The molecule has 3 rings (SSSR count). The number of halogens is 3. The average Bonchev–Trinajstić information content (AvgIpc) is 2.79. The van der Waals surface area contributed by atoms with Crippen molar-refractivity contribution in [1.82, 2.24) is 14.9 Å². The van der Waals surface area contributed by atoms with Gasteiger partial charge in [0, 0.05) is 37.3 Å². The summed E-state index contributed by atoms with van der Waals surface area (Å²) in [5.41, 5.74) is 2.01. The van der Waals surface area contributed by atoms with Gasteiger partial charge < -0.3 is 9.88 Å². The first kappa shape index (κ1) is 11.3. The topological polar surface area (TPSA) is 29.9 Å². The van der Waals surface area contributed by atoms with Gasteiger partial charge in [0.05, 0.1) is 17.7 Å². The predicted octanol–water partition coefficient (Wildman–Crippen LogP) is 1.94. The van der Waals surface area contributed by atoms with E-state index in [0.717, 1.165) is 36.5 Å². The first-order chi connectivity index (χ1) is 8.66. The molecule has 0 amide bonds. The number of nitrogens with one attached hydrogen (secondary N) is 1. The van der Waals surface area contributed by atoms with E-state index < -0.39 is 17.5 Å².